The maximum absolute atomic E-state index is 12.2. The van der Waals surface area contributed by atoms with E-state index in [1.807, 2.05) is 0 Å². The number of benzene rings is 1. The minimum Gasteiger partial charge on any atom is -0.379 e. The summed E-state index contributed by atoms with van der Waals surface area (Å²) in [6.07, 6.45) is 0. The Morgan fingerprint density at radius 2 is 2.12 bits per heavy atom. The van der Waals surface area contributed by atoms with E-state index in [0.717, 1.165) is 19.2 Å². The fourth-order valence-electron chi connectivity index (χ4n) is 2.40. The molecule has 24 heavy (non-hydrogen) atoms. The van der Waals surface area contributed by atoms with Crippen LogP contribution in [0.25, 0.3) is 0 Å². The van der Waals surface area contributed by atoms with Crippen molar-refractivity contribution >= 4 is 22.7 Å². The van der Waals surface area contributed by atoms with Gasteiger partial charge in [0.2, 0.25) is 0 Å². The Bertz CT molecular complexity index is 633. The normalized spacial score (nSPS) is 16.5. The van der Waals surface area contributed by atoms with E-state index < -0.39 is 21.9 Å². The van der Waals surface area contributed by atoms with E-state index in [1.165, 1.54) is 12.1 Å². The number of nitrogens with zero attached hydrogens (tertiary/aromatic N) is 2. The molecule has 132 valence electrons. The van der Waals surface area contributed by atoms with E-state index in [4.69, 9.17) is 9.29 Å². The second kappa shape index (κ2) is 8.83. The molecule has 0 spiro atoms. The smallest absolute Gasteiger partial charge is 0.282 e. The largest absolute Gasteiger partial charge is 0.379 e. The summed E-state index contributed by atoms with van der Waals surface area (Å²) >= 11 is -2.10. The van der Waals surface area contributed by atoms with E-state index in [1.54, 1.807) is 0 Å². The Balaban J connectivity index is 1.99. The average molecular weight is 357 g/mol. The van der Waals surface area contributed by atoms with Crippen molar-refractivity contribution in [3.05, 3.63) is 39.4 Å². The van der Waals surface area contributed by atoms with Gasteiger partial charge in [0, 0.05) is 32.2 Å². The third kappa shape index (κ3) is 5.34. The quantitative estimate of drug-likeness (QED) is 0.411. The topological polar surface area (TPSA) is 122 Å². The highest BCUT2D eigenvalue weighted by molar-refractivity contribution is 7.78. The molecule has 2 N–H and O–H groups in total. The Morgan fingerprint density at radius 3 is 2.75 bits per heavy atom. The van der Waals surface area contributed by atoms with Gasteiger partial charge in [0.25, 0.3) is 11.6 Å². The first-order valence-electron chi connectivity index (χ1n) is 7.40. The first-order valence-corrected chi connectivity index (χ1v) is 8.68. The summed E-state index contributed by atoms with van der Waals surface area (Å²) in [6.45, 7) is 3.93. The number of carbonyl (C=O) groups is 1. The summed E-state index contributed by atoms with van der Waals surface area (Å²) in [6, 6.07) is 3.91. The van der Waals surface area contributed by atoms with Crippen molar-refractivity contribution < 1.29 is 23.2 Å². The highest BCUT2D eigenvalue weighted by Crippen LogP contribution is 2.21. The van der Waals surface area contributed by atoms with Gasteiger partial charge in [-0.05, 0) is 11.6 Å². The zero-order chi connectivity index (χ0) is 17.5. The zero-order valence-electron chi connectivity index (χ0n) is 13.0. The lowest BCUT2D eigenvalue weighted by molar-refractivity contribution is -0.385. The Kier molecular flexibility index (Phi) is 6.79. The van der Waals surface area contributed by atoms with Gasteiger partial charge >= 0.3 is 0 Å². The van der Waals surface area contributed by atoms with Crippen molar-refractivity contribution in [1.82, 2.24) is 10.2 Å². The number of ether oxygens (including phenoxy) is 1. The van der Waals surface area contributed by atoms with Gasteiger partial charge in [-0.25, -0.2) is 4.21 Å². The van der Waals surface area contributed by atoms with Crippen LogP contribution in [0.3, 0.4) is 0 Å². The second-order valence-corrected chi connectivity index (χ2v) is 6.22. The van der Waals surface area contributed by atoms with Gasteiger partial charge in [-0.3, -0.25) is 19.8 Å². The fourth-order valence-corrected chi connectivity index (χ4v) is 2.86. The number of rotatable bonds is 7. The van der Waals surface area contributed by atoms with Crippen LogP contribution >= 0.6 is 0 Å². The van der Waals surface area contributed by atoms with Gasteiger partial charge < -0.3 is 14.6 Å². The molecule has 0 aliphatic carbocycles. The number of carbonyl (C=O) groups excluding carboxylic acids is 1. The van der Waals surface area contributed by atoms with Crippen LogP contribution in [-0.2, 0) is 21.6 Å². The standard InChI is InChI=1S/C14H19N3O6S/c18-14(15-3-4-16-5-7-23-8-6-16)12-2-1-11(10-24(21)22)9-13(12)17(19)20/h1-2,9H,3-8,10H2,(H,15,18)(H,21,22). The summed E-state index contributed by atoms with van der Waals surface area (Å²) in [7, 11) is 0. The molecule has 1 heterocycles. The van der Waals surface area contributed by atoms with Crippen LogP contribution in [0.15, 0.2) is 18.2 Å². The number of hydrogen-bond donors (Lipinski definition) is 2. The molecule has 1 fully saturated rings. The van der Waals surface area contributed by atoms with Gasteiger partial charge in [-0.1, -0.05) is 6.07 Å². The van der Waals surface area contributed by atoms with Crippen molar-refractivity contribution in [2.45, 2.75) is 5.75 Å². The van der Waals surface area contributed by atoms with E-state index in [0.29, 0.717) is 31.9 Å². The summed E-state index contributed by atoms with van der Waals surface area (Å²) in [5, 5.41) is 13.8. The number of amides is 1. The molecule has 0 saturated carbocycles. The third-order valence-corrected chi connectivity index (χ3v) is 4.19. The molecule has 9 nitrogen and oxygen atoms in total. The molecule has 1 saturated heterocycles. The fraction of sp³-hybridized carbons (Fsp3) is 0.500. The molecule has 1 aliphatic rings. The predicted molar refractivity (Wildman–Crippen MR) is 87.2 cm³/mol. The number of nitro groups is 1. The summed E-state index contributed by atoms with van der Waals surface area (Å²) in [4.78, 5) is 24.8. The van der Waals surface area contributed by atoms with E-state index >= 15 is 0 Å². The Hall–Kier alpha value is -1.88. The lowest BCUT2D eigenvalue weighted by Crippen LogP contribution is -2.41. The minimum absolute atomic E-state index is 0.0607. The lowest BCUT2D eigenvalue weighted by atomic mass is 10.1. The maximum Gasteiger partial charge on any atom is 0.282 e. The third-order valence-electron chi connectivity index (χ3n) is 3.61. The lowest BCUT2D eigenvalue weighted by Gasteiger charge is -2.26. The van der Waals surface area contributed by atoms with Crippen LogP contribution in [0.1, 0.15) is 15.9 Å². The molecule has 0 bridgehead atoms. The van der Waals surface area contributed by atoms with Crippen molar-refractivity contribution in [2.24, 2.45) is 0 Å². The minimum atomic E-state index is -2.10. The molecule has 1 aliphatic heterocycles. The number of hydrogen-bond acceptors (Lipinski definition) is 6. The second-order valence-electron chi connectivity index (χ2n) is 5.28. The molecule has 0 radical (unpaired) electrons. The van der Waals surface area contributed by atoms with Crippen LogP contribution in [0.5, 0.6) is 0 Å². The van der Waals surface area contributed by atoms with Crippen LogP contribution < -0.4 is 5.32 Å². The highest BCUT2D eigenvalue weighted by atomic mass is 32.2. The molecule has 1 unspecified atom stereocenters. The first kappa shape index (κ1) is 18.5. The van der Waals surface area contributed by atoms with E-state index in [-0.39, 0.29) is 17.0 Å². The number of morpholine rings is 1. The Morgan fingerprint density at radius 1 is 1.42 bits per heavy atom. The first-order chi connectivity index (χ1) is 11.5. The van der Waals surface area contributed by atoms with Crippen LogP contribution in [0.4, 0.5) is 5.69 Å². The van der Waals surface area contributed by atoms with Gasteiger partial charge in [0.1, 0.15) is 5.56 Å². The maximum atomic E-state index is 12.2. The van der Waals surface area contributed by atoms with Crippen molar-refractivity contribution in [3.8, 4) is 0 Å². The monoisotopic (exact) mass is 357 g/mol. The summed E-state index contributed by atoms with van der Waals surface area (Å²) < 4.78 is 24.9. The van der Waals surface area contributed by atoms with Crippen LogP contribution in [0, 0.1) is 10.1 Å². The van der Waals surface area contributed by atoms with Crippen molar-refractivity contribution in [1.29, 1.82) is 0 Å². The van der Waals surface area contributed by atoms with Crippen LogP contribution in [-0.4, -0.2) is 63.9 Å². The number of nitrogens with one attached hydrogen (secondary N) is 1. The van der Waals surface area contributed by atoms with E-state index in [9.17, 15) is 19.1 Å². The zero-order valence-corrected chi connectivity index (χ0v) is 13.8. The molecule has 1 amide bonds. The van der Waals surface area contributed by atoms with Gasteiger partial charge in [0.05, 0.1) is 23.9 Å². The molecule has 1 atom stereocenters. The SMILES string of the molecule is O=C(NCCN1CCOCC1)c1ccc(CS(=O)O)cc1[N+](=O)[O-]. The molecule has 1 aromatic carbocycles. The van der Waals surface area contributed by atoms with Crippen molar-refractivity contribution in [2.75, 3.05) is 39.4 Å². The van der Waals surface area contributed by atoms with Crippen molar-refractivity contribution in [3.63, 3.8) is 0 Å². The molecule has 0 aromatic heterocycles. The van der Waals surface area contributed by atoms with Crippen LogP contribution in [0.2, 0.25) is 0 Å². The van der Waals surface area contributed by atoms with Gasteiger partial charge in [-0.15, -0.1) is 0 Å². The highest BCUT2D eigenvalue weighted by Gasteiger charge is 2.21. The van der Waals surface area contributed by atoms with Gasteiger partial charge in [0.15, 0.2) is 11.1 Å². The molecule has 1 aromatic rings. The van der Waals surface area contributed by atoms with E-state index in [2.05, 4.69) is 10.2 Å². The predicted octanol–water partition coefficient (Wildman–Crippen LogP) is 0.379. The molecular formula is C14H19N3O6S. The number of nitro benzene ring substituents is 1. The molecule has 10 heteroatoms. The summed E-state index contributed by atoms with van der Waals surface area (Å²) in [5.41, 5.74) is -0.108. The van der Waals surface area contributed by atoms with Gasteiger partial charge in [-0.2, -0.15) is 0 Å². The molecular weight excluding hydrogens is 338 g/mol. The molecule has 2 rings (SSSR count). The summed E-state index contributed by atoms with van der Waals surface area (Å²) in [5.74, 6) is -0.758. The Labute approximate surface area is 141 Å². The average Bonchev–Trinajstić information content (AvgIpc) is 2.55.